The molecule has 1 unspecified atom stereocenters. The van der Waals surface area contributed by atoms with Crippen molar-refractivity contribution in [3.63, 3.8) is 0 Å². The molecule has 1 aliphatic rings. The first-order valence-corrected chi connectivity index (χ1v) is 12.3. The summed E-state index contributed by atoms with van der Waals surface area (Å²) < 4.78 is 19.5. The van der Waals surface area contributed by atoms with E-state index in [2.05, 4.69) is 55.1 Å². The molecule has 4 heteroatoms. The van der Waals surface area contributed by atoms with Gasteiger partial charge in [0.15, 0.2) is 0 Å². The van der Waals surface area contributed by atoms with E-state index in [0.29, 0.717) is 12.3 Å². The van der Waals surface area contributed by atoms with Crippen LogP contribution in [0.25, 0.3) is 10.8 Å². The van der Waals surface area contributed by atoms with Gasteiger partial charge in [-0.2, -0.15) is 0 Å². The van der Waals surface area contributed by atoms with Crippen molar-refractivity contribution in [3.8, 4) is 5.75 Å². The van der Waals surface area contributed by atoms with Crippen molar-refractivity contribution in [1.82, 2.24) is 4.90 Å². The third-order valence-electron chi connectivity index (χ3n) is 6.82. The van der Waals surface area contributed by atoms with Gasteiger partial charge in [-0.15, -0.1) is 0 Å². The minimum atomic E-state index is -0.512. The topological polar surface area (TPSA) is 32.7 Å². The van der Waals surface area contributed by atoms with Gasteiger partial charge in [-0.25, -0.2) is 4.39 Å². The highest BCUT2D eigenvalue weighted by atomic mass is 19.1. The van der Waals surface area contributed by atoms with Crippen molar-refractivity contribution in [2.24, 2.45) is 0 Å². The predicted molar refractivity (Wildman–Crippen MR) is 133 cm³/mol. The minimum Gasteiger partial charge on any atom is -0.490 e. The first-order chi connectivity index (χ1) is 16.0. The number of halogens is 1. The smallest absolute Gasteiger partial charge is 0.127 e. The number of fused-ring (bicyclic) bond motifs is 1. The van der Waals surface area contributed by atoms with Gasteiger partial charge >= 0.3 is 0 Å². The van der Waals surface area contributed by atoms with Gasteiger partial charge in [0.2, 0.25) is 0 Å². The summed E-state index contributed by atoms with van der Waals surface area (Å²) in [4.78, 5) is 2.50. The molecular weight excluding hydrogens is 413 g/mol. The van der Waals surface area contributed by atoms with Crippen LogP contribution in [0.5, 0.6) is 5.75 Å². The van der Waals surface area contributed by atoms with Gasteiger partial charge < -0.3 is 14.7 Å². The minimum absolute atomic E-state index is 0.259. The van der Waals surface area contributed by atoms with E-state index in [1.807, 2.05) is 0 Å². The second kappa shape index (κ2) is 11.1. The van der Waals surface area contributed by atoms with E-state index >= 15 is 0 Å². The van der Waals surface area contributed by atoms with Crippen LogP contribution < -0.4 is 4.74 Å². The summed E-state index contributed by atoms with van der Waals surface area (Å²) in [6.07, 6.45) is 4.56. The Morgan fingerprint density at radius 1 is 0.970 bits per heavy atom. The van der Waals surface area contributed by atoms with Crippen LogP contribution in [0.1, 0.15) is 69.1 Å². The van der Waals surface area contributed by atoms with Gasteiger partial charge in [0.05, 0.1) is 6.10 Å². The van der Waals surface area contributed by atoms with E-state index in [0.717, 1.165) is 56.6 Å². The number of ether oxygens (including phenoxy) is 1. The highest BCUT2D eigenvalue weighted by molar-refractivity contribution is 5.89. The number of unbranched alkanes of at least 4 members (excludes halogenated alkanes) is 1. The molecule has 0 radical (unpaired) electrons. The van der Waals surface area contributed by atoms with Crippen LogP contribution in [-0.2, 0) is 0 Å². The molecule has 0 aliphatic carbocycles. The molecule has 3 nitrogen and oxygen atoms in total. The number of hydrogen-bond acceptors (Lipinski definition) is 3. The summed E-state index contributed by atoms with van der Waals surface area (Å²) in [5, 5.41) is 12.7. The molecule has 33 heavy (non-hydrogen) atoms. The van der Waals surface area contributed by atoms with Crippen molar-refractivity contribution >= 4 is 10.8 Å². The first-order valence-electron chi connectivity index (χ1n) is 12.3. The number of nitrogens with zero attached hydrogens (tertiary/aromatic N) is 1. The summed E-state index contributed by atoms with van der Waals surface area (Å²) in [6.45, 7) is 7.60. The number of likely N-dealkylation sites (tertiary alicyclic amines) is 1. The lowest BCUT2D eigenvalue weighted by atomic mass is 9.99. The normalized spacial score (nSPS) is 16.4. The number of benzene rings is 3. The quantitative estimate of drug-likeness (QED) is 0.363. The van der Waals surface area contributed by atoms with E-state index in [1.165, 1.54) is 28.5 Å². The second-order valence-electron chi connectivity index (χ2n) is 9.61. The maximum Gasteiger partial charge on any atom is 0.127 e. The van der Waals surface area contributed by atoms with Crippen LogP contribution >= 0.6 is 0 Å². The Bertz CT molecular complexity index is 1030. The monoisotopic (exact) mass is 449 g/mol. The molecule has 1 saturated heterocycles. The summed E-state index contributed by atoms with van der Waals surface area (Å²) in [7, 11) is 0. The van der Waals surface area contributed by atoms with Crippen LogP contribution in [-0.4, -0.2) is 35.7 Å². The Morgan fingerprint density at radius 3 is 2.42 bits per heavy atom. The molecule has 0 saturated carbocycles. The zero-order valence-corrected chi connectivity index (χ0v) is 19.8. The maximum absolute atomic E-state index is 13.0. The lowest BCUT2D eigenvalue weighted by Gasteiger charge is -2.32. The van der Waals surface area contributed by atoms with Crippen molar-refractivity contribution < 1.29 is 14.2 Å². The van der Waals surface area contributed by atoms with Gasteiger partial charge in [0, 0.05) is 18.5 Å². The zero-order valence-electron chi connectivity index (χ0n) is 19.8. The average molecular weight is 450 g/mol. The molecule has 4 rings (SSSR count). The molecule has 3 aromatic carbocycles. The van der Waals surface area contributed by atoms with Gasteiger partial charge in [0.25, 0.3) is 0 Å². The van der Waals surface area contributed by atoms with Crippen LogP contribution in [0.2, 0.25) is 0 Å². The van der Waals surface area contributed by atoms with Gasteiger partial charge in [0.1, 0.15) is 17.7 Å². The first kappa shape index (κ1) is 23.7. The Balaban J connectivity index is 1.22. The van der Waals surface area contributed by atoms with E-state index in [-0.39, 0.29) is 11.9 Å². The Kier molecular flexibility index (Phi) is 8.00. The average Bonchev–Trinajstić information content (AvgIpc) is 2.83. The van der Waals surface area contributed by atoms with E-state index in [1.54, 1.807) is 12.1 Å². The molecular formula is C29H36FNO2. The number of aliphatic hydroxyl groups excluding tert-OH is 1. The highest BCUT2D eigenvalue weighted by Crippen LogP contribution is 2.31. The number of aliphatic hydroxyl groups is 1. The van der Waals surface area contributed by atoms with Gasteiger partial charge in [-0.05, 0) is 85.3 Å². The molecule has 1 heterocycles. The Labute approximate surface area is 197 Å². The Morgan fingerprint density at radius 2 is 1.70 bits per heavy atom. The van der Waals surface area contributed by atoms with Crippen LogP contribution in [0.4, 0.5) is 4.39 Å². The van der Waals surface area contributed by atoms with Crippen LogP contribution in [0, 0.1) is 5.82 Å². The predicted octanol–water partition coefficient (Wildman–Crippen LogP) is 6.85. The highest BCUT2D eigenvalue weighted by Gasteiger charge is 2.21. The van der Waals surface area contributed by atoms with E-state index in [4.69, 9.17) is 4.74 Å². The van der Waals surface area contributed by atoms with Gasteiger partial charge in [-0.3, -0.25) is 0 Å². The largest absolute Gasteiger partial charge is 0.490 e. The fourth-order valence-electron chi connectivity index (χ4n) is 4.68. The van der Waals surface area contributed by atoms with Crippen molar-refractivity contribution in [3.05, 3.63) is 77.6 Å². The number of hydrogen-bond donors (Lipinski definition) is 1. The third-order valence-corrected chi connectivity index (χ3v) is 6.82. The molecule has 1 fully saturated rings. The fraction of sp³-hybridized carbons (Fsp3) is 0.448. The molecule has 1 atom stereocenters. The molecule has 1 N–H and O–H groups in total. The van der Waals surface area contributed by atoms with E-state index in [9.17, 15) is 9.50 Å². The lowest BCUT2D eigenvalue weighted by molar-refractivity contribution is 0.0991. The molecule has 0 bridgehead atoms. The molecule has 0 aromatic heterocycles. The third kappa shape index (κ3) is 6.33. The number of piperidine rings is 1. The van der Waals surface area contributed by atoms with Crippen molar-refractivity contribution in [2.75, 3.05) is 19.6 Å². The fourth-order valence-corrected chi connectivity index (χ4v) is 4.68. The maximum atomic E-state index is 13.0. The molecule has 0 amide bonds. The summed E-state index contributed by atoms with van der Waals surface area (Å²) >= 11 is 0. The van der Waals surface area contributed by atoms with E-state index < -0.39 is 6.10 Å². The molecule has 0 spiro atoms. The van der Waals surface area contributed by atoms with Gasteiger partial charge in [-0.1, -0.05) is 50.2 Å². The second-order valence-corrected chi connectivity index (χ2v) is 9.61. The van der Waals surface area contributed by atoms with Crippen LogP contribution in [0.3, 0.4) is 0 Å². The van der Waals surface area contributed by atoms with Crippen LogP contribution in [0.15, 0.2) is 60.7 Å². The molecule has 1 aliphatic heterocycles. The lowest BCUT2D eigenvalue weighted by Crippen LogP contribution is -2.38. The molecule has 176 valence electrons. The van der Waals surface area contributed by atoms with Crippen molar-refractivity contribution in [2.45, 2.75) is 64.1 Å². The number of rotatable bonds is 9. The molecule has 3 aromatic rings. The summed E-state index contributed by atoms with van der Waals surface area (Å²) in [5.74, 6) is 1.24. The Hall–Kier alpha value is -2.43. The standard InChI is InChI=1S/C29H36FNO2/c1-21(2)24-10-9-22-6-5-8-29(27(22)20-24)33-26-15-18-31(19-16-26)17-4-3-7-28(32)23-11-13-25(30)14-12-23/h5-6,8-14,20-21,26,28,32H,3-4,7,15-19H2,1-2H3. The summed E-state index contributed by atoms with van der Waals surface area (Å²) in [5.41, 5.74) is 2.14. The SMILES string of the molecule is CC(C)c1ccc2cccc(OC3CCN(CCCCC(O)c4ccc(F)cc4)CC3)c2c1. The van der Waals surface area contributed by atoms with Crippen molar-refractivity contribution in [1.29, 1.82) is 0 Å². The zero-order chi connectivity index (χ0) is 23.2. The summed E-state index contributed by atoms with van der Waals surface area (Å²) in [6, 6.07) is 19.2.